The lowest BCUT2D eigenvalue weighted by Gasteiger charge is -2.15. The molecule has 8 heteroatoms. The smallest absolute Gasteiger partial charge is 0.265 e. The average Bonchev–Trinajstić information content (AvgIpc) is 2.79. The van der Waals surface area contributed by atoms with Gasteiger partial charge >= 0.3 is 0 Å². The van der Waals surface area contributed by atoms with Crippen molar-refractivity contribution in [3.63, 3.8) is 0 Å². The summed E-state index contributed by atoms with van der Waals surface area (Å²) in [7, 11) is -3.60. The molecule has 1 amide bonds. The number of sulfonamides is 1. The molecule has 0 fully saturated rings. The van der Waals surface area contributed by atoms with Crippen molar-refractivity contribution in [2.24, 2.45) is 0 Å². The number of amides is 1. The first-order chi connectivity index (χ1) is 15.7. The zero-order valence-electron chi connectivity index (χ0n) is 18.6. The van der Waals surface area contributed by atoms with Gasteiger partial charge in [0.1, 0.15) is 5.75 Å². The third kappa shape index (κ3) is 6.50. The molecule has 3 aromatic rings. The summed E-state index contributed by atoms with van der Waals surface area (Å²) < 4.78 is 32.6. The predicted octanol–water partition coefficient (Wildman–Crippen LogP) is 4.01. The van der Waals surface area contributed by atoms with Gasteiger partial charge in [-0.25, -0.2) is 13.1 Å². The van der Waals surface area contributed by atoms with E-state index in [1.54, 1.807) is 69.3 Å². The van der Waals surface area contributed by atoms with Crippen LogP contribution in [0.3, 0.4) is 0 Å². The fraction of sp³-hybridized carbons (Fsp3) is 0.200. The second-order valence-corrected chi connectivity index (χ2v) is 9.48. The van der Waals surface area contributed by atoms with E-state index in [9.17, 15) is 18.0 Å². The Morgan fingerprint density at radius 2 is 1.36 bits per heavy atom. The number of carbonyl (C=O) groups is 2. The molecule has 33 heavy (non-hydrogen) atoms. The molecule has 0 radical (unpaired) electrons. The number of ether oxygens (including phenoxy) is 1. The first-order valence-corrected chi connectivity index (χ1v) is 11.9. The van der Waals surface area contributed by atoms with Gasteiger partial charge < -0.3 is 10.1 Å². The number of hydrogen-bond donors (Lipinski definition) is 2. The van der Waals surface area contributed by atoms with Crippen LogP contribution in [0.1, 0.15) is 36.7 Å². The fourth-order valence-electron chi connectivity index (χ4n) is 3.04. The SMILES string of the molecule is CC(C)NS(=O)(=O)c1ccc(NC(=O)[C@H](C)Oc2ccc(C(=O)c3ccccc3)cc2)cc1. The predicted molar refractivity (Wildman–Crippen MR) is 127 cm³/mol. The minimum atomic E-state index is -3.60. The van der Waals surface area contributed by atoms with Gasteiger partial charge in [-0.05, 0) is 69.3 Å². The van der Waals surface area contributed by atoms with E-state index in [-0.39, 0.29) is 16.7 Å². The molecule has 0 aliphatic rings. The molecule has 0 aliphatic heterocycles. The van der Waals surface area contributed by atoms with E-state index in [1.807, 2.05) is 6.07 Å². The summed E-state index contributed by atoms with van der Waals surface area (Å²) in [6.45, 7) is 5.08. The zero-order chi connectivity index (χ0) is 24.0. The molecule has 0 bridgehead atoms. The zero-order valence-corrected chi connectivity index (χ0v) is 19.4. The summed E-state index contributed by atoms with van der Waals surface area (Å²) in [5, 5.41) is 2.70. The van der Waals surface area contributed by atoms with Crippen LogP contribution >= 0.6 is 0 Å². The monoisotopic (exact) mass is 466 g/mol. The summed E-state index contributed by atoms with van der Waals surface area (Å²) in [5.41, 5.74) is 1.56. The molecule has 0 unspecified atom stereocenters. The second kappa shape index (κ2) is 10.4. The third-order valence-corrected chi connectivity index (χ3v) is 6.33. The molecule has 0 aromatic heterocycles. The maximum atomic E-state index is 12.5. The van der Waals surface area contributed by atoms with E-state index in [4.69, 9.17) is 4.74 Å². The maximum Gasteiger partial charge on any atom is 0.265 e. The van der Waals surface area contributed by atoms with Crippen LogP contribution in [-0.2, 0) is 14.8 Å². The third-order valence-electron chi connectivity index (χ3n) is 4.66. The standard InChI is InChI=1S/C25H26N2O5S/c1-17(2)27-33(30,31)23-15-11-21(12-16-23)26-25(29)18(3)32-22-13-9-20(10-14-22)24(28)19-7-5-4-6-8-19/h4-18,27H,1-3H3,(H,26,29)/t18-/m0/s1. The second-order valence-electron chi connectivity index (χ2n) is 7.77. The number of anilines is 1. The van der Waals surface area contributed by atoms with E-state index in [2.05, 4.69) is 10.0 Å². The van der Waals surface area contributed by atoms with Crippen LogP contribution in [0.5, 0.6) is 5.75 Å². The van der Waals surface area contributed by atoms with Gasteiger partial charge in [0.2, 0.25) is 10.0 Å². The van der Waals surface area contributed by atoms with Crippen molar-refractivity contribution in [1.29, 1.82) is 0 Å². The molecule has 7 nitrogen and oxygen atoms in total. The van der Waals surface area contributed by atoms with Gasteiger partial charge in [-0.3, -0.25) is 9.59 Å². The Labute approximate surface area is 193 Å². The number of nitrogens with one attached hydrogen (secondary N) is 2. The van der Waals surface area contributed by atoms with Gasteiger partial charge in [-0.15, -0.1) is 0 Å². The lowest BCUT2D eigenvalue weighted by molar-refractivity contribution is -0.122. The van der Waals surface area contributed by atoms with Crippen molar-refractivity contribution in [2.75, 3.05) is 5.32 Å². The first-order valence-electron chi connectivity index (χ1n) is 10.5. The number of carbonyl (C=O) groups excluding carboxylic acids is 2. The van der Waals surface area contributed by atoms with Crippen LogP contribution in [0, 0.1) is 0 Å². The van der Waals surface area contributed by atoms with Crippen molar-refractivity contribution in [2.45, 2.75) is 37.8 Å². The van der Waals surface area contributed by atoms with Gasteiger partial charge in [-0.1, -0.05) is 30.3 Å². The van der Waals surface area contributed by atoms with Crippen LogP contribution in [0.2, 0.25) is 0 Å². The Morgan fingerprint density at radius 1 is 0.788 bits per heavy atom. The minimum Gasteiger partial charge on any atom is -0.481 e. The van der Waals surface area contributed by atoms with E-state index in [0.717, 1.165) is 0 Å². The number of benzene rings is 3. The van der Waals surface area contributed by atoms with Crippen molar-refractivity contribution in [3.8, 4) is 5.75 Å². The van der Waals surface area contributed by atoms with Crippen LogP contribution in [0.4, 0.5) is 5.69 Å². The van der Waals surface area contributed by atoms with Crippen LogP contribution in [-0.4, -0.2) is 32.3 Å². The Kier molecular flexibility index (Phi) is 7.63. The van der Waals surface area contributed by atoms with E-state index < -0.39 is 22.0 Å². The highest BCUT2D eigenvalue weighted by Gasteiger charge is 2.18. The largest absolute Gasteiger partial charge is 0.481 e. The van der Waals surface area contributed by atoms with Gasteiger partial charge in [-0.2, -0.15) is 0 Å². The normalized spacial score (nSPS) is 12.2. The highest BCUT2D eigenvalue weighted by atomic mass is 32.2. The van der Waals surface area contributed by atoms with Crippen LogP contribution in [0.15, 0.2) is 83.8 Å². The minimum absolute atomic E-state index is 0.0954. The van der Waals surface area contributed by atoms with E-state index >= 15 is 0 Å². The number of ketones is 1. The highest BCUT2D eigenvalue weighted by molar-refractivity contribution is 7.89. The summed E-state index contributed by atoms with van der Waals surface area (Å²) >= 11 is 0. The van der Waals surface area contributed by atoms with Crippen molar-refractivity contribution >= 4 is 27.4 Å². The topological polar surface area (TPSA) is 102 Å². The lowest BCUT2D eigenvalue weighted by Crippen LogP contribution is -2.31. The molecule has 3 rings (SSSR count). The molecular weight excluding hydrogens is 440 g/mol. The van der Waals surface area contributed by atoms with Crippen LogP contribution < -0.4 is 14.8 Å². The number of rotatable bonds is 9. The van der Waals surface area contributed by atoms with Gasteiger partial charge in [0.05, 0.1) is 4.90 Å². The first kappa shape index (κ1) is 24.2. The fourth-order valence-corrected chi connectivity index (χ4v) is 4.29. The average molecular weight is 467 g/mol. The molecule has 0 heterocycles. The summed E-state index contributed by atoms with van der Waals surface area (Å²) in [6.07, 6.45) is -0.813. The molecule has 1 atom stereocenters. The Hall–Kier alpha value is -3.49. The van der Waals surface area contributed by atoms with Crippen molar-refractivity contribution in [1.82, 2.24) is 4.72 Å². The Balaban J connectivity index is 1.59. The maximum absolute atomic E-state index is 12.5. The van der Waals surface area contributed by atoms with E-state index in [0.29, 0.717) is 22.6 Å². The van der Waals surface area contributed by atoms with Gasteiger partial charge in [0.25, 0.3) is 5.91 Å². The Morgan fingerprint density at radius 3 is 1.94 bits per heavy atom. The molecule has 2 N–H and O–H groups in total. The molecular formula is C25H26N2O5S. The van der Waals surface area contributed by atoms with Gasteiger partial charge in [0, 0.05) is 22.9 Å². The number of hydrogen-bond acceptors (Lipinski definition) is 5. The molecule has 3 aromatic carbocycles. The van der Waals surface area contributed by atoms with Crippen molar-refractivity contribution < 1.29 is 22.7 Å². The van der Waals surface area contributed by atoms with E-state index in [1.165, 1.54) is 24.3 Å². The highest BCUT2D eigenvalue weighted by Crippen LogP contribution is 2.18. The van der Waals surface area contributed by atoms with Crippen LogP contribution in [0.25, 0.3) is 0 Å². The molecule has 0 spiro atoms. The van der Waals surface area contributed by atoms with Gasteiger partial charge in [0.15, 0.2) is 11.9 Å². The quantitative estimate of drug-likeness (QED) is 0.464. The summed E-state index contributed by atoms with van der Waals surface area (Å²) in [4.78, 5) is 25.1. The van der Waals surface area contributed by atoms with Crippen molar-refractivity contribution in [3.05, 3.63) is 90.0 Å². The summed E-state index contributed by atoms with van der Waals surface area (Å²) in [5.74, 6) is -0.0409. The molecule has 0 aliphatic carbocycles. The molecule has 0 saturated heterocycles. The Bertz CT molecular complexity index is 1210. The molecule has 172 valence electrons. The molecule has 0 saturated carbocycles. The summed E-state index contributed by atoms with van der Waals surface area (Å²) in [6, 6.07) is 21.2. The lowest BCUT2D eigenvalue weighted by atomic mass is 10.0.